The quantitative estimate of drug-likeness (QED) is 0.603. The number of nitrogens with two attached hydrogens (primary N) is 1. The molecule has 0 aromatic carbocycles. The van der Waals surface area contributed by atoms with Crippen LogP contribution in [0.1, 0.15) is 13.3 Å². The van der Waals surface area contributed by atoms with Gasteiger partial charge in [0.25, 0.3) is 10.1 Å². The standard InChI is InChI=1S/C7H18N2O3S/c1-4-7(9(2)3)13(10,11)12-6-5-8/h7H,4-6,8H2,1-3H3. The van der Waals surface area contributed by atoms with E-state index < -0.39 is 15.5 Å². The molecule has 0 aliphatic carbocycles. The summed E-state index contributed by atoms with van der Waals surface area (Å²) in [5.74, 6) is 0. The minimum atomic E-state index is -3.49. The van der Waals surface area contributed by atoms with Gasteiger partial charge in [0.15, 0.2) is 0 Å². The van der Waals surface area contributed by atoms with E-state index >= 15 is 0 Å². The van der Waals surface area contributed by atoms with Crippen molar-refractivity contribution in [1.29, 1.82) is 0 Å². The van der Waals surface area contributed by atoms with Crippen LogP contribution >= 0.6 is 0 Å². The normalized spacial score (nSPS) is 14.8. The fraction of sp³-hybridized carbons (Fsp3) is 1.00. The van der Waals surface area contributed by atoms with E-state index in [2.05, 4.69) is 0 Å². The van der Waals surface area contributed by atoms with E-state index in [0.717, 1.165) is 0 Å². The highest BCUT2D eigenvalue weighted by Gasteiger charge is 2.26. The van der Waals surface area contributed by atoms with Crippen molar-refractivity contribution < 1.29 is 12.6 Å². The second-order valence-corrected chi connectivity index (χ2v) is 4.70. The number of hydrogen-bond acceptors (Lipinski definition) is 5. The Balaban J connectivity index is 4.40. The molecule has 0 bridgehead atoms. The van der Waals surface area contributed by atoms with E-state index in [-0.39, 0.29) is 13.2 Å². The molecular weight excluding hydrogens is 192 g/mol. The van der Waals surface area contributed by atoms with Gasteiger partial charge in [-0.2, -0.15) is 8.42 Å². The van der Waals surface area contributed by atoms with Gasteiger partial charge in [-0.05, 0) is 20.5 Å². The summed E-state index contributed by atoms with van der Waals surface area (Å²) < 4.78 is 27.6. The molecule has 1 atom stereocenters. The van der Waals surface area contributed by atoms with Crippen LogP contribution in [-0.4, -0.2) is 45.9 Å². The average Bonchev–Trinajstić information content (AvgIpc) is 2.01. The van der Waals surface area contributed by atoms with Crippen LogP contribution in [0.4, 0.5) is 0 Å². The molecule has 0 aromatic rings. The second-order valence-electron chi connectivity index (χ2n) is 2.93. The highest BCUT2D eigenvalue weighted by Crippen LogP contribution is 2.10. The number of hydrogen-bond donors (Lipinski definition) is 1. The highest BCUT2D eigenvalue weighted by molar-refractivity contribution is 7.87. The predicted molar refractivity (Wildman–Crippen MR) is 51.7 cm³/mol. The van der Waals surface area contributed by atoms with Crippen molar-refractivity contribution in [3.63, 3.8) is 0 Å². The molecule has 0 amide bonds. The fourth-order valence-electron chi connectivity index (χ4n) is 1.07. The van der Waals surface area contributed by atoms with Gasteiger partial charge in [0.05, 0.1) is 6.61 Å². The van der Waals surface area contributed by atoms with Crippen molar-refractivity contribution >= 4 is 10.1 Å². The monoisotopic (exact) mass is 210 g/mol. The molecule has 0 saturated heterocycles. The van der Waals surface area contributed by atoms with E-state index in [1.165, 1.54) is 0 Å². The van der Waals surface area contributed by atoms with Crippen LogP contribution in [0.2, 0.25) is 0 Å². The van der Waals surface area contributed by atoms with Crippen LogP contribution in [0.15, 0.2) is 0 Å². The largest absolute Gasteiger partial charge is 0.328 e. The molecule has 0 aliphatic heterocycles. The minimum Gasteiger partial charge on any atom is -0.328 e. The molecule has 2 N–H and O–H groups in total. The lowest BCUT2D eigenvalue weighted by Gasteiger charge is -2.21. The van der Waals surface area contributed by atoms with Crippen LogP contribution in [0.25, 0.3) is 0 Å². The van der Waals surface area contributed by atoms with Crippen molar-refractivity contribution in [1.82, 2.24) is 4.90 Å². The van der Waals surface area contributed by atoms with Crippen molar-refractivity contribution in [3.8, 4) is 0 Å². The Kier molecular flexibility index (Phi) is 5.46. The molecule has 0 rings (SSSR count). The van der Waals surface area contributed by atoms with Crippen LogP contribution in [0, 0.1) is 0 Å². The lowest BCUT2D eigenvalue weighted by molar-refractivity contribution is 0.278. The Morgan fingerprint density at radius 2 is 2.00 bits per heavy atom. The molecule has 0 spiro atoms. The highest BCUT2D eigenvalue weighted by atomic mass is 32.2. The van der Waals surface area contributed by atoms with Gasteiger partial charge in [0.1, 0.15) is 5.37 Å². The summed E-state index contributed by atoms with van der Waals surface area (Å²) >= 11 is 0. The van der Waals surface area contributed by atoms with Gasteiger partial charge in [-0.1, -0.05) is 6.92 Å². The van der Waals surface area contributed by atoms with E-state index in [4.69, 9.17) is 9.92 Å². The van der Waals surface area contributed by atoms with Crippen molar-refractivity contribution in [2.45, 2.75) is 18.7 Å². The predicted octanol–water partition coefficient (Wildman–Crippen LogP) is -0.411. The molecule has 5 nitrogen and oxygen atoms in total. The molecule has 0 radical (unpaired) electrons. The maximum absolute atomic E-state index is 11.4. The van der Waals surface area contributed by atoms with Gasteiger partial charge in [-0.3, -0.25) is 9.08 Å². The Hall–Kier alpha value is -0.170. The Morgan fingerprint density at radius 1 is 1.46 bits per heavy atom. The molecule has 80 valence electrons. The first-order chi connectivity index (χ1) is 5.95. The summed E-state index contributed by atoms with van der Waals surface area (Å²) in [7, 11) is -0.0762. The van der Waals surface area contributed by atoms with Gasteiger partial charge in [0.2, 0.25) is 0 Å². The zero-order valence-corrected chi connectivity index (χ0v) is 9.17. The molecular formula is C7H18N2O3S. The Morgan fingerprint density at radius 3 is 2.31 bits per heavy atom. The molecule has 0 aromatic heterocycles. The molecule has 13 heavy (non-hydrogen) atoms. The summed E-state index contributed by atoms with van der Waals surface area (Å²) in [4.78, 5) is 1.62. The van der Waals surface area contributed by atoms with Crippen LogP contribution in [-0.2, 0) is 14.3 Å². The van der Waals surface area contributed by atoms with Gasteiger partial charge in [-0.25, -0.2) is 0 Å². The molecule has 0 saturated carbocycles. The van der Waals surface area contributed by atoms with Crippen LogP contribution in [0.3, 0.4) is 0 Å². The van der Waals surface area contributed by atoms with Crippen molar-refractivity contribution in [2.75, 3.05) is 27.2 Å². The van der Waals surface area contributed by atoms with Crippen molar-refractivity contribution in [3.05, 3.63) is 0 Å². The fourth-order valence-corrected chi connectivity index (χ4v) is 2.48. The van der Waals surface area contributed by atoms with E-state index in [0.29, 0.717) is 6.42 Å². The molecule has 0 fully saturated rings. The molecule has 0 aliphatic rings. The Labute approximate surface area is 80.0 Å². The summed E-state index contributed by atoms with van der Waals surface area (Å²) in [6.07, 6.45) is 0.500. The molecule has 6 heteroatoms. The van der Waals surface area contributed by atoms with E-state index in [9.17, 15) is 8.42 Å². The third-order valence-corrected chi connectivity index (χ3v) is 3.54. The lowest BCUT2D eigenvalue weighted by atomic mass is 10.4. The SMILES string of the molecule is CCC(N(C)C)S(=O)(=O)OCCN. The summed E-state index contributed by atoms with van der Waals surface area (Å²) in [5.41, 5.74) is 5.15. The first kappa shape index (κ1) is 12.8. The summed E-state index contributed by atoms with van der Waals surface area (Å²) in [5, 5.41) is -0.584. The van der Waals surface area contributed by atoms with Gasteiger partial charge in [0, 0.05) is 6.54 Å². The topological polar surface area (TPSA) is 72.6 Å². The maximum Gasteiger partial charge on any atom is 0.283 e. The Bertz CT molecular complexity index is 226. The zero-order valence-electron chi connectivity index (χ0n) is 8.36. The van der Waals surface area contributed by atoms with Crippen molar-refractivity contribution in [2.24, 2.45) is 5.73 Å². The van der Waals surface area contributed by atoms with E-state index in [1.54, 1.807) is 25.9 Å². The second kappa shape index (κ2) is 5.54. The summed E-state index contributed by atoms with van der Waals surface area (Å²) in [6.45, 7) is 2.06. The molecule has 1 unspecified atom stereocenters. The average molecular weight is 210 g/mol. The van der Waals surface area contributed by atoms with Gasteiger partial charge >= 0.3 is 0 Å². The lowest BCUT2D eigenvalue weighted by Crippen LogP contribution is -2.37. The zero-order chi connectivity index (χ0) is 10.5. The third kappa shape index (κ3) is 4.04. The number of nitrogens with zero attached hydrogens (tertiary/aromatic N) is 1. The maximum atomic E-state index is 11.4. The summed E-state index contributed by atoms with van der Waals surface area (Å²) in [6, 6.07) is 0. The van der Waals surface area contributed by atoms with Crippen LogP contribution < -0.4 is 5.73 Å². The van der Waals surface area contributed by atoms with Gasteiger partial charge in [-0.15, -0.1) is 0 Å². The van der Waals surface area contributed by atoms with E-state index in [1.807, 2.05) is 0 Å². The first-order valence-corrected chi connectivity index (χ1v) is 5.67. The minimum absolute atomic E-state index is 0.0483. The first-order valence-electron chi connectivity index (χ1n) is 4.20. The third-order valence-electron chi connectivity index (χ3n) is 1.62. The van der Waals surface area contributed by atoms with Gasteiger partial charge < -0.3 is 5.73 Å². The molecule has 0 heterocycles. The van der Waals surface area contributed by atoms with Crippen LogP contribution in [0.5, 0.6) is 0 Å². The number of rotatable bonds is 6. The smallest absolute Gasteiger partial charge is 0.283 e.